The summed E-state index contributed by atoms with van der Waals surface area (Å²) in [5.41, 5.74) is 6.75. The Labute approximate surface area is 122 Å². The molecule has 2 rings (SSSR count). The Morgan fingerprint density at radius 1 is 1.45 bits per heavy atom. The number of halogens is 1. The summed E-state index contributed by atoms with van der Waals surface area (Å²) in [5, 5.41) is 4.32. The Kier molecular flexibility index (Phi) is 4.32. The van der Waals surface area contributed by atoms with Gasteiger partial charge in [0, 0.05) is 29.6 Å². The van der Waals surface area contributed by atoms with E-state index in [-0.39, 0.29) is 11.4 Å². The molecule has 2 aromatic rings. The first-order valence-electron chi connectivity index (χ1n) is 5.93. The maximum Gasteiger partial charge on any atom is 0.240 e. The lowest BCUT2D eigenvalue weighted by atomic mass is 10.2. The van der Waals surface area contributed by atoms with Crippen molar-refractivity contribution in [2.75, 3.05) is 12.3 Å². The van der Waals surface area contributed by atoms with Crippen LogP contribution in [0.25, 0.3) is 0 Å². The molecular formula is C12H15ClN4O2S. The van der Waals surface area contributed by atoms with Gasteiger partial charge in [0.05, 0.1) is 11.4 Å². The smallest absolute Gasteiger partial charge is 0.240 e. The Balaban J connectivity index is 2.10. The predicted molar refractivity (Wildman–Crippen MR) is 78.0 cm³/mol. The largest absolute Gasteiger partial charge is 0.398 e. The summed E-state index contributed by atoms with van der Waals surface area (Å²) >= 11 is 5.95. The van der Waals surface area contributed by atoms with Gasteiger partial charge in [0.1, 0.15) is 0 Å². The van der Waals surface area contributed by atoms with E-state index in [9.17, 15) is 8.42 Å². The number of hydrogen-bond acceptors (Lipinski definition) is 4. The van der Waals surface area contributed by atoms with E-state index in [0.29, 0.717) is 22.8 Å². The fourth-order valence-electron chi connectivity index (χ4n) is 1.64. The average Bonchev–Trinajstić information content (AvgIpc) is 2.88. The van der Waals surface area contributed by atoms with Crippen LogP contribution in [0.2, 0.25) is 5.02 Å². The topological polar surface area (TPSA) is 90.0 Å². The van der Waals surface area contributed by atoms with E-state index in [2.05, 4.69) is 9.82 Å². The summed E-state index contributed by atoms with van der Waals surface area (Å²) in [5.74, 6) is 0. The predicted octanol–water partition coefficient (Wildman–Crippen LogP) is 1.41. The number of nitrogens with two attached hydrogens (primary N) is 1. The van der Waals surface area contributed by atoms with Crippen LogP contribution in [0.4, 0.5) is 5.69 Å². The Hall–Kier alpha value is -1.57. The van der Waals surface area contributed by atoms with Crippen molar-refractivity contribution in [3.8, 4) is 0 Å². The molecule has 0 radical (unpaired) electrons. The van der Waals surface area contributed by atoms with Crippen molar-refractivity contribution < 1.29 is 8.42 Å². The highest BCUT2D eigenvalue weighted by atomic mass is 35.5. The molecule has 0 saturated carbocycles. The molecule has 0 unspecified atom stereocenters. The molecule has 0 aliphatic rings. The first kappa shape index (κ1) is 14.8. The normalized spacial score (nSPS) is 11.7. The SMILES string of the molecule is Cc1c(N)cc(S(=O)(=O)NCCn2cccn2)cc1Cl. The van der Waals surface area contributed by atoms with Crippen molar-refractivity contribution in [2.45, 2.75) is 18.4 Å². The van der Waals surface area contributed by atoms with Crippen LogP contribution in [-0.4, -0.2) is 24.7 Å². The number of nitrogen functional groups attached to an aromatic ring is 1. The maximum absolute atomic E-state index is 12.1. The zero-order chi connectivity index (χ0) is 14.8. The molecule has 20 heavy (non-hydrogen) atoms. The van der Waals surface area contributed by atoms with Crippen LogP contribution in [0, 0.1) is 6.92 Å². The highest BCUT2D eigenvalue weighted by molar-refractivity contribution is 7.89. The fourth-order valence-corrected chi connectivity index (χ4v) is 3.01. The van der Waals surface area contributed by atoms with Crippen LogP contribution in [-0.2, 0) is 16.6 Å². The molecular weight excluding hydrogens is 300 g/mol. The standard InChI is InChI=1S/C12H15ClN4O2S/c1-9-11(13)7-10(8-12(9)14)20(18,19)16-4-6-17-5-2-3-15-17/h2-3,5,7-8,16H,4,6,14H2,1H3. The van der Waals surface area contributed by atoms with Gasteiger partial charge in [-0.05, 0) is 30.7 Å². The second-order valence-electron chi connectivity index (χ2n) is 4.29. The molecule has 0 spiro atoms. The Morgan fingerprint density at radius 3 is 2.80 bits per heavy atom. The number of anilines is 1. The van der Waals surface area contributed by atoms with Crippen molar-refractivity contribution in [2.24, 2.45) is 0 Å². The van der Waals surface area contributed by atoms with E-state index in [0.717, 1.165) is 0 Å². The highest BCUT2D eigenvalue weighted by Crippen LogP contribution is 2.25. The number of rotatable bonds is 5. The minimum atomic E-state index is -3.63. The third-order valence-electron chi connectivity index (χ3n) is 2.86. The number of sulfonamides is 1. The average molecular weight is 315 g/mol. The van der Waals surface area contributed by atoms with Crippen LogP contribution < -0.4 is 10.5 Å². The van der Waals surface area contributed by atoms with E-state index >= 15 is 0 Å². The second-order valence-corrected chi connectivity index (χ2v) is 6.46. The van der Waals surface area contributed by atoms with Crippen LogP contribution in [0.1, 0.15) is 5.56 Å². The molecule has 8 heteroatoms. The summed E-state index contributed by atoms with van der Waals surface area (Å²) in [7, 11) is -3.63. The third kappa shape index (κ3) is 3.30. The minimum Gasteiger partial charge on any atom is -0.398 e. The quantitative estimate of drug-likeness (QED) is 0.816. The number of benzene rings is 1. The number of hydrogen-bond donors (Lipinski definition) is 2. The van der Waals surface area contributed by atoms with Gasteiger partial charge in [-0.2, -0.15) is 5.10 Å². The van der Waals surface area contributed by atoms with Crippen LogP contribution in [0.15, 0.2) is 35.5 Å². The molecule has 0 amide bonds. The van der Waals surface area contributed by atoms with Gasteiger partial charge in [-0.3, -0.25) is 4.68 Å². The summed E-state index contributed by atoms with van der Waals surface area (Å²) in [6.45, 7) is 2.41. The van der Waals surface area contributed by atoms with Crippen molar-refractivity contribution in [3.63, 3.8) is 0 Å². The molecule has 108 valence electrons. The van der Waals surface area contributed by atoms with Crippen LogP contribution in [0.3, 0.4) is 0 Å². The number of nitrogens with one attached hydrogen (secondary N) is 1. The molecule has 0 aliphatic heterocycles. The second kappa shape index (κ2) is 5.82. The van der Waals surface area contributed by atoms with Crippen molar-refractivity contribution in [1.29, 1.82) is 0 Å². The molecule has 0 aliphatic carbocycles. The van der Waals surface area contributed by atoms with Crippen molar-refractivity contribution in [1.82, 2.24) is 14.5 Å². The highest BCUT2D eigenvalue weighted by Gasteiger charge is 2.16. The van der Waals surface area contributed by atoms with E-state index in [4.69, 9.17) is 17.3 Å². The van der Waals surface area contributed by atoms with Gasteiger partial charge < -0.3 is 5.73 Å². The third-order valence-corrected chi connectivity index (χ3v) is 4.69. The lowest BCUT2D eigenvalue weighted by Crippen LogP contribution is -2.27. The van der Waals surface area contributed by atoms with Gasteiger partial charge in [-0.25, -0.2) is 13.1 Å². The van der Waals surface area contributed by atoms with Gasteiger partial charge >= 0.3 is 0 Å². The Morgan fingerprint density at radius 2 is 2.20 bits per heavy atom. The summed E-state index contributed by atoms with van der Waals surface area (Å²) in [4.78, 5) is 0.0612. The van der Waals surface area contributed by atoms with Gasteiger partial charge in [0.15, 0.2) is 0 Å². The fraction of sp³-hybridized carbons (Fsp3) is 0.250. The van der Waals surface area contributed by atoms with E-state index in [1.54, 1.807) is 30.1 Å². The summed E-state index contributed by atoms with van der Waals surface area (Å²) < 4.78 is 28.4. The first-order valence-corrected chi connectivity index (χ1v) is 7.79. The maximum atomic E-state index is 12.1. The van der Waals surface area contributed by atoms with Gasteiger partial charge in [-0.1, -0.05) is 11.6 Å². The molecule has 1 aromatic carbocycles. The molecule has 6 nitrogen and oxygen atoms in total. The summed E-state index contributed by atoms with van der Waals surface area (Å²) in [6.07, 6.45) is 3.39. The Bertz CT molecular complexity index is 675. The van der Waals surface area contributed by atoms with Gasteiger partial charge in [0.2, 0.25) is 10.0 Å². The van der Waals surface area contributed by atoms with Crippen LogP contribution in [0.5, 0.6) is 0 Å². The molecule has 0 saturated heterocycles. The molecule has 1 heterocycles. The molecule has 1 aromatic heterocycles. The monoisotopic (exact) mass is 314 g/mol. The zero-order valence-corrected chi connectivity index (χ0v) is 12.4. The van der Waals surface area contributed by atoms with Crippen molar-refractivity contribution >= 4 is 27.3 Å². The zero-order valence-electron chi connectivity index (χ0n) is 10.9. The van der Waals surface area contributed by atoms with E-state index < -0.39 is 10.0 Å². The lowest BCUT2D eigenvalue weighted by molar-refractivity contribution is 0.561. The van der Waals surface area contributed by atoms with Gasteiger partial charge in [-0.15, -0.1) is 0 Å². The minimum absolute atomic E-state index is 0.0612. The molecule has 3 N–H and O–H groups in total. The molecule has 0 atom stereocenters. The molecule has 0 fully saturated rings. The van der Waals surface area contributed by atoms with Crippen LogP contribution >= 0.6 is 11.6 Å². The number of aromatic nitrogens is 2. The summed E-state index contributed by atoms with van der Waals surface area (Å²) in [6, 6.07) is 4.57. The molecule has 0 bridgehead atoms. The van der Waals surface area contributed by atoms with E-state index in [1.165, 1.54) is 12.1 Å². The van der Waals surface area contributed by atoms with E-state index in [1.807, 2.05) is 0 Å². The lowest BCUT2D eigenvalue weighted by Gasteiger charge is -2.10. The first-order chi connectivity index (χ1) is 9.40. The van der Waals surface area contributed by atoms with Crippen molar-refractivity contribution in [3.05, 3.63) is 41.2 Å². The van der Waals surface area contributed by atoms with Gasteiger partial charge in [0.25, 0.3) is 0 Å². The number of nitrogens with zero attached hydrogens (tertiary/aromatic N) is 2.